The van der Waals surface area contributed by atoms with Crippen LogP contribution in [0.25, 0.3) is 0 Å². The van der Waals surface area contributed by atoms with Crippen molar-refractivity contribution in [2.75, 3.05) is 23.7 Å². The number of pyridine rings is 1. The normalized spacial score (nSPS) is 10.3. The van der Waals surface area contributed by atoms with Crippen LogP contribution in [0.15, 0.2) is 36.5 Å². The van der Waals surface area contributed by atoms with Crippen molar-refractivity contribution in [3.63, 3.8) is 0 Å². The van der Waals surface area contributed by atoms with Crippen molar-refractivity contribution in [2.45, 2.75) is 40.0 Å². The van der Waals surface area contributed by atoms with Gasteiger partial charge in [-0.05, 0) is 56.0 Å². The molecule has 3 N–H and O–H groups in total. The van der Waals surface area contributed by atoms with Gasteiger partial charge in [-0.1, -0.05) is 19.1 Å². The Hall–Kier alpha value is -2.89. The molecule has 1 heterocycles. The van der Waals surface area contributed by atoms with E-state index in [9.17, 15) is 9.59 Å². The maximum Gasteiger partial charge on any atom is 0.251 e. The Labute approximate surface area is 160 Å². The fourth-order valence-electron chi connectivity index (χ4n) is 2.52. The lowest BCUT2D eigenvalue weighted by Gasteiger charge is -2.11. The van der Waals surface area contributed by atoms with Crippen molar-refractivity contribution in [1.82, 2.24) is 10.3 Å². The summed E-state index contributed by atoms with van der Waals surface area (Å²) in [6.07, 6.45) is 3.86. The third-order valence-corrected chi connectivity index (χ3v) is 4.11. The van der Waals surface area contributed by atoms with Crippen LogP contribution in [0.1, 0.15) is 47.7 Å². The van der Waals surface area contributed by atoms with Crippen molar-refractivity contribution in [2.24, 2.45) is 0 Å². The summed E-state index contributed by atoms with van der Waals surface area (Å²) in [4.78, 5) is 28.4. The summed E-state index contributed by atoms with van der Waals surface area (Å²) in [7, 11) is 0. The fraction of sp³-hybridized carbons (Fsp3) is 0.381. The summed E-state index contributed by atoms with van der Waals surface area (Å²) >= 11 is 0. The smallest absolute Gasteiger partial charge is 0.251 e. The molecular weight excluding hydrogens is 340 g/mol. The van der Waals surface area contributed by atoms with Gasteiger partial charge in [0.05, 0.1) is 0 Å². The molecule has 0 aliphatic heterocycles. The molecule has 0 spiro atoms. The topological polar surface area (TPSA) is 83.1 Å². The highest BCUT2D eigenvalue weighted by molar-refractivity contribution is 5.97. The van der Waals surface area contributed by atoms with E-state index in [1.54, 1.807) is 12.1 Å². The van der Waals surface area contributed by atoms with E-state index >= 15 is 0 Å². The van der Waals surface area contributed by atoms with Crippen molar-refractivity contribution in [1.29, 1.82) is 0 Å². The van der Waals surface area contributed by atoms with Crippen molar-refractivity contribution in [3.8, 4) is 0 Å². The summed E-state index contributed by atoms with van der Waals surface area (Å²) in [5, 5.41) is 9.00. The molecule has 2 aromatic rings. The van der Waals surface area contributed by atoms with Crippen molar-refractivity contribution in [3.05, 3.63) is 53.2 Å². The third kappa shape index (κ3) is 6.73. The average molecular weight is 368 g/mol. The molecule has 0 unspecified atom stereocenters. The van der Waals surface area contributed by atoms with Crippen LogP contribution in [0.4, 0.5) is 11.5 Å². The summed E-state index contributed by atoms with van der Waals surface area (Å²) in [5.41, 5.74) is 3.29. The van der Waals surface area contributed by atoms with Gasteiger partial charge in [0.15, 0.2) is 0 Å². The monoisotopic (exact) mass is 368 g/mol. The van der Waals surface area contributed by atoms with Crippen LogP contribution in [-0.4, -0.2) is 29.9 Å². The standard InChI is InChI=1S/C21H28N4O2/c1-4-6-20(26)25-18-13-17(9-8-16(18)3)21(27)23-12-5-11-22-19-10-7-15(2)14-24-19/h7-10,13-14H,4-6,11-12H2,1-3H3,(H,22,24)(H,23,27)(H,25,26). The van der Waals surface area contributed by atoms with E-state index in [0.717, 1.165) is 36.3 Å². The molecule has 144 valence electrons. The van der Waals surface area contributed by atoms with Gasteiger partial charge in [-0.25, -0.2) is 4.98 Å². The molecule has 6 nitrogen and oxygen atoms in total. The van der Waals surface area contributed by atoms with Gasteiger partial charge in [-0.15, -0.1) is 0 Å². The molecule has 6 heteroatoms. The lowest BCUT2D eigenvalue weighted by molar-refractivity contribution is -0.116. The quantitative estimate of drug-likeness (QED) is 0.590. The number of carbonyl (C=O) groups excluding carboxylic acids is 2. The molecule has 1 aromatic heterocycles. The second kappa shape index (κ2) is 10.3. The minimum atomic E-state index is -0.144. The van der Waals surface area contributed by atoms with Crippen LogP contribution in [0, 0.1) is 13.8 Å². The summed E-state index contributed by atoms with van der Waals surface area (Å²) in [5.74, 6) is 0.654. The molecule has 0 saturated heterocycles. The Balaban J connectivity index is 1.79. The first-order valence-corrected chi connectivity index (χ1v) is 9.35. The fourth-order valence-corrected chi connectivity index (χ4v) is 2.52. The van der Waals surface area contributed by atoms with E-state index < -0.39 is 0 Å². The third-order valence-electron chi connectivity index (χ3n) is 4.11. The van der Waals surface area contributed by atoms with Crippen LogP contribution in [-0.2, 0) is 4.79 Å². The Morgan fingerprint density at radius 2 is 1.89 bits per heavy atom. The van der Waals surface area contributed by atoms with E-state index in [1.807, 2.05) is 45.2 Å². The zero-order valence-corrected chi connectivity index (χ0v) is 16.3. The molecule has 2 amide bonds. The number of aryl methyl sites for hydroxylation is 2. The first-order valence-electron chi connectivity index (χ1n) is 9.35. The first-order chi connectivity index (χ1) is 13.0. The van der Waals surface area contributed by atoms with Crippen LogP contribution in [0.3, 0.4) is 0 Å². The van der Waals surface area contributed by atoms with Crippen molar-refractivity contribution < 1.29 is 9.59 Å². The molecular formula is C21H28N4O2. The minimum Gasteiger partial charge on any atom is -0.370 e. The van der Waals surface area contributed by atoms with Crippen LogP contribution in [0.5, 0.6) is 0 Å². The molecule has 0 radical (unpaired) electrons. The van der Waals surface area contributed by atoms with Crippen LogP contribution in [0.2, 0.25) is 0 Å². The maximum absolute atomic E-state index is 12.3. The average Bonchev–Trinajstić information content (AvgIpc) is 2.65. The summed E-state index contributed by atoms with van der Waals surface area (Å²) in [6.45, 7) is 7.15. The number of nitrogens with one attached hydrogen (secondary N) is 3. The van der Waals surface area contributed by atoms with Gasteiger partial charge in [0.2, 0.25) is 5.91 Å². The zero-order valence-electron chi connectivity index (χ0n) is 16.3. The molecule has 0 aliphatic carbocycles. The van der Waals surface area contributed by atoms with Gasteiger partial charge in [0, 0.05) is 37.0 Å². The lowest BCUT2D eigenvalue weighted by atomic mass is 10.1. The largest absolute Gasteiger partial charge is 0.370 e. The van der Waals surface area contributed by atoms with Gasteiger partial charge in [-0.2, -0.15) is 0 Å². The number of amides is 2. The maximum atomic E-state index is 12.3. The number of rotatable bonds is 9. The van der Waals surface area contributed by atoms with Gasteiger partial charge < -0.3 is 16.0 Å². The first kappa shape index (κ1) is 20.4. The van der Waals surface area contributed by atoms with Gasteiger partial charge in [0.25, 0.3) is 5.91 Å². The molecule has 1 aromatic carbocycles. The van der Waals surface area contributed by atoms with Gasteiger partial charge in [0.1, 0.15) is 5.82 Å². The Morgan fingerprint density at radius 3 is 2.59 bits per heavy atom. The van der Waals surface area contributed by atoms with E-state index in [4.69, 9.17) is 0 Å². The number of hydrogen-bond acceptors (Lipinski definition) is 4. The number of benzene rings is 1. The Morgan fingerprint density at radius 1 is 1.07 bits per heavy atom. The minimum absolute atomic E-state index is 0.0334. The predicted molar refractivity (Wildman–Crippen MR) is 109 cm³/mol. The van der Waals surface area contributed by atoms with Gasteiger partial charge in [-0.3, -0.25) is 9.59 Å². The van der Waals surface area contributed by atoms with Gasteiger partial charge >= 0.3 is 0 Å². The number of anilines is 2. The second-order valence-electron chi connectivity index (χ2n) is 6.58. The van der Waals surface area contributed by atoms with Crippen LogP contribution < -0.4 is 16.0 Å². The lowest BCUT2D eigenvalue weighted by Crippen LogP contribution is -2.26. The highest BCUT2D eigenvalue weighted by atomic mass is 16.2. The number of aromatic nitrogens is 1. The SMILES string of the molecule is CCCC(=O)Nc1cc(C(=O)NCCCNc2ccc(C)cn2)ccc1C. The molecule has 0 aliphatic rings. The number of hydrogen-bond donors (Lipinski definition) is 3. The second-order valence-corrected chi connectivity index (χ2v) is 6.58. The van der Waals surface area contributed by atoms with E-state index in [0.29, 0.717) is 24.2 Å². The summed E-state index contributed by atoms with van der Waals surface area (Å²) in [6, 6.07) is 9.29. The van der Waals surface area contributed by atoms with E-state index in [1.165, 1.54) is 0 Å². The summed E-state index contributed by atoms with van der Waals surface area (Å²) < 4.78 is 0. The number of carbonyl (C=O) groups is 2. The van der Waals surface area contributed by atoms with E-state index in [2.05, 4.69) is 20.9 Å². The predicted octanol–water partition coefficient (Wildman–Crippen LogP) is 3.67. The molecule has 27 heavy (non-hydrogen) atoms. The molecule has 0 fully saturated rings. The Bertz CT molecular complexity index is 772. The molecule has 0 atom stereocenters. The van der Waals surface area contributed by atoms with Crippen LogP contribution >= 0.6 is 0 Å². The Kier molecular flexibility index (Phi) is 7.79. The molecule has 0 bridgehead atoms. The zero-order chi connectivity index (χ0) is 19.6. The molecule has 0 saturated carbocycles. The molecule has 2 rings (SSSR count). The van der Waals surface area contributed by atoms with Crippen molar-refractivity contribution >= 4 is 23.3 Å². The number of nitrogens with zero attached hydrogens (tertiary/aromatic N) is 1. The van der Waals surface area contributed by atoms with E-state index in [-0.39, 0.29) is 11.8 Å². The highest BCUT2D eigenvalue weighted by Gasteiger charge is 2.09. The highest BCUT2D eigenvalue weighted by Crippen LogP contribution is 2.17.